The molecule has 0 fully saturated rings. The van der Waals surface area contributed by atoms with E-state index in [4.69, 9.17) is 61.3 Å². The van der Waals surface area contributed by atoms with Gasteiger partial charge in [-0.1, -0.05) is 82.9 Å². The molecule has 4 aromatic carbocycles. The number of ether oxygens (including phenoxy) is 6. The van der Waals surface area contributed by atoms with E-state index in [0.717, 1.165) is 131 Å². The molecule has 1 amide bonds. The number of anilines is 4. The molecule has 0 radical (unpaired) electrons. The third-order valence-electron chi connectivity index (χ3n) is 20.0. The standard InChI is InChI=1S/C21H17BrF3N5O2.C20H21N5O2.C19H18FN5O.C19H18IN5O.C18H18N6O/c1-26-19-12-29-15(11-30-19)8-14-7-13(10-28-14)17-4-3-16(9-18(17)22)32-6-2-5-27-20(31)21(23,24)25;1-5-13(2)27-15-6-7-16(17(9-15)26-4)14-8-18(22-10-14)25-20-12-23-19(21-3)11-24-20;2*1-4-12(2)26-14-5-6-15(16(20)8-14)13-7-17(22-9-13)25-19-11-23-18(21-3)10-24-19;1-3-4-5-25-15-6-13(8-20-10-15)14-7-16(21-9-14)24-18-12-22-17(19-2)11-23-18/h3-4,7,9,11-12H,2,5-6,8,10H2,(H,27,31);6-9,11-13H,5,10H2,1-2,4H3,(H,22,24,25);2*5-8,10-12H,4,9H2,1-2H3,(H,22,24,25);6-8,10-12H,3-5,9H2,1H3,(H,21,23,24)/t;13-;2*12-;/m.000./s1. The largest absolute Gasteiger partial charge is 0.496 e. The van der Waals surface area contributed by atoms with Crippen molar-refractivity contribution in [2.45, 2.75) is 118 Å². The Morgan fingerprint density at radius 1 is 0.456 bits per heavy atom. The second-order valence-corrected chi connectivity index (χ2v) is 32.0. The zero-order valence-corrected chi connectivity index (χ0v) is 78.9. The molecule has 5 aliphatic heterocycles. The molecule has 3 atom stereocenters. The molecule has 0 unspecified atom stereocenters. The molecule has 10 aromatic rings. The number of nitrogens with zero attached hydrogens (tertiary/aromatic N) is 21. The molecule has 6 aromatic heterocycles. The summed E-state index contributed by atoms with van der Waals surface area (Å²) in [6.07, 6.45) is 29.1. The van der Waals surface area contributed by atoms with Crippen molar-refractivity contribution in [2.24, 2.45) is 25.0 Å². The van der Waals surface area contributed by atoms with Crippen molar-refractivity contribution < 1.29 is 50.8 Å². The second kappa shape index (κ2) is 50.8. The fraction of sp³-hybridized carbons (Fsp3) is 0.278. The number of aromatic nitrogens is 11. The van der Waals surface area contributed by atoms with Gasteiger partial charge in [0, 0.05) is 61.7 Å². The van der Waals surface area contributed by atoms with Crippen LogP contribution in [0.1, 0.15) is 121 Å². The summed E-state index contributed by atoms with van der Waals surface area (Å²) in [5.74, 6) is 8.10. The van der Waals surface area contributed by atoms with Crippen molar-refractivity contribution in [3.8, 4) is 34.5 Å². The molecule has 0 spiro atoms. The predicted octanol–water partition coefficient (Wildman–Crippen LogP) is 20.9. The fourth-order valence-corrected chi connectivity index (χ4v) is 13.9. The van der Waals surface area contributed by atoms with E-state index in [1.807, 2.05) is 81.5 Å². The van der Waals surface area contributed by atoms with Crippen molar-refractivity contribution >= 4 is 154 Å². The van der Waals surface area contributed by atoms with Crippen molar-refractivity contribution in [1.82, 2.24) is 60.1 Å². The van der Waals surface area contributed by atoms with Gasteiger partial charge in [-0.15, -0.1) is 24.9 Å². The van der Waals surface area contributed by atoms with Crippen molar-refractivity contribution in [3.63, 3.8) is 0 Å². The van der Waals surface area contributed by atoms with Crippen LogP contribution < -0.4 is 55.0 Å². The maximum atomic E-state index is 14.5. The minimum atomic E-state index is -4.88. The molecule has 5 aliphatic rings. The van der Waals surface area contributed by atoms with Gasteiger partial charge in [-0.25, -0.2) is 24.3 Å². The summed E-state index contributed by atoms with van der Waals surface area (Å²) < 4.78 is 86.9. The van der Waals surface area contributed by atoms with E-state index in [0.29, 0.717) is 104 Å². The third-order valence-corrected chi connectivity index (χ3v) is 21.6. The molecule has 39 heteroatoms. The predicted molar refractivity (Wildman–Crippen MR) is 529 cm³/mol. The van der Waals surface area contributed by atoms with E-state index in [9.17, 15) is 22.4 Å². The maximum absolute atomic E-state index is 14.5. The number of methoxy groups -OCH3 is 1. The topological polar surface area (TPSA) is 358 Å². The molecular weight excluding hydrogens is 1920 g/mol. The summed E-state index contributed by atoms with van der Waals surface area (Å²) >= 11 is 5.85. The van der Waals surface area contributed by atoms with E-state index in [-0.39, 0.29) is 72.8 Å². The number of unbranched alkanes of at least 4 members (excludes halogenated alkanes) is 1. The van der Waals surface area contributed by atoms with Gasteiger partial charge in [0.2, 0.25) is 0 Å². The van der Waals surface area contributed by atoms with Gasteiger partial charge in [0.15, 0.2) is 48.1 Å². The SMILES string of the molecule is [C-]#[N+]c1cnc(CC2=NCC(c3ccc(OCCCNC(=O)C(F)(F)F)cc3Br)=C2)cn1.[C-]#[N+]c1cnc(NC2=NCC(c3ccc(O[C@@H](C)CC)cc3F)=C2)cn1.[C-]#[N+]c1cnc(NC2=NCC(c3ccc(O[C@@H](C)CC)cc3I)=C2)cn1.[C-]#[N+]c1cnc(NC2=NCC(c3ccc(O[C@@H](C)CC)cc3OC)=C2)cn1.[C-]#[N+]c1cnc(NC2=NCC(c3cncc(OCCCC)c3)=C2)cn1. The molecule has 5 N–H and O–H groups in total. The van der Waals surface area contributed by atoms with Crippen LogP contribution in [-0.4, -0.2) is 174 Å². The van der Waals surface area contributed by atoms with Gasteiger partial charge < -0.3 is 79.2 Å². The van der Waals surface area contributed by atoms with Gasteiger partial charge in [0.25, 0.3) is 29.1 Å². The molecule has 15 rings (SSSR count). The summed E-state index contributed by atoms with van der Waals surface area (Å²) in [6.45, 7) is 52.2. The number of pyridine rings is 1. The van der Waals surface area contributed by atoms with Crippen molar-refractivity contribution in [2.75, 3.05) is 80.9 Å². The zero-order valence-electron chi connectivity index (χ0n) is 75.2. The number of carbonyl (C=O) groups excluding carboxylic acids is 1. The number of alkyl halides is 3. The number of hydrogen-bond acceptors (Lipinski definition) is 27. The van der Waals surface area contributed by atoms with E-state index in [1.54, 1.807) is 61.4 Å². The van der Waals surface area contributed by atoms with Crippen LogP contribution in [0, 0.1) is 42.2 Å². The van der Waals surface area contributed by atoms with Gasteiger partial charge in [-0.3, -0.25) is 39.7 Å². The Balaban J connectivity index is 0.000000164. The summed E-state index contributed by atoms with van der Waals surface area (Å²) in [6, 6.07) is 24.3. The van der Waals surface area contributed by atoms with Gasteiger partial charge in [-0.05, 0) is 212 Å². The number of halogens is 6. The van der Waals surface area contributed by atoms with Crippen molar-refractivity contribution in [1.29, 1.82) is 0 Å². The third kappa shape index (κ3) is 30.7. The first-order valence-corrected chi connectivity index (χ1v) is 44.6. The Bertz CT molecular complexity index is 6290. The molecule has 11 heterocycles. The number of rotatable bonds is 30. The van der Waals surface area contributed by atoms with E-state index in [1.165, 1.54) is 61.8 Å². The number of carbonyl (C=O) groups is 1. The Hall–Kier alpha value is -15.7. The Morgan fingerprint density at radius 3 is 1.31 bits per heavy atom. The van der Waals surface area contributed by atoms with Crippen LogP contribution in [0.5, 0.6) is 34.5 Å². The van der Waals surface area contributed by atoms with Crippen LogP contribution in [0.15, 0.2) is 213 Å². The average Bonchev–Trinajstić information content (AvgIpc) is 1.63. The average molecular weight is 2020 g/mol. The maximum Gasteiger partial charge on any atom is 0.471 e. The molecular formula is C97H92BrF4IN26O7. The van der Waals surface area contributed by atoms with E-state index >= 15 is 0 Å². The first kappa shape index (κ1) is 101. The van der Waals surface area contributed by atoms with Crippen LogP contribution in [0.4, 0.5) is 69.9 Å². The number of amides is 1. The number of benzene rings is 4. The highest BCUT2D eigenvalue weighted by atomic mass is 127. The Labute approximate surface area is 805 Å². The highest BCUT2D eigenvalue weighted by Gasteiger charge is 2.38. The first-order chi connectivity index (χ1) is 65.8. The normalized spacial score (nSPS) is 13.7. The van der Waals surface area contributed by atoms with E-state index in [2.05, 4.69) is 204 Å². The van der Waals surface area contributed by atoms with Crippen LogP contribution in [0.3, 0.4) is 0 Å². The molecule has 0 saturated heterocycles. The summed E-state index contributed by atoms with van der Waals surface area (Å²) in [5.41, 5.74) is 11.2. The lowest BCUT2D eigenvalue weighted by Gasteiger charge is -2.15. The van der Waals surface area contributed by atoms with Gasteiger partial charge >= 0.3 is 12.1 Å². The zero-order chi connectivity index (χ0) is 96.9. The molecule has 0 saturated carbocycles. The highest BCUT2D eigenvalue weighted by Crippen LogP contribution is 2.36. The smallest absolute Gasteiger partial charge is 0.471 e. The lowest BCUT2D eigenvalue weighted by molar-refractivity contribution is -0.173. The Kier molecular flexibility index (Phi) is 37.7. The number of amidine groups is 4. The fourth-order valence-electron chi connectivity index (χ4n) is 12.4. The van der Waals surface area contributed by atoms with E-state index < -0.39 is 12.1 Å². The number of allylic oxidation sites excluding steroid dienone is 1. The molecule has 136 heavy (non-hydrogen) atoms. The molecule has 694 valence electrons. The monoisotopic (exact) mass is 2010 g/mol. The Morgan fingerprint density at radius 2 is 0.868 bits per heavy atom. The minimum Gasteiger partial charge on any atom is -0.496 e. The van der Waals surface area contributed by atoms with Crippen LogP contribution in [-0.2, 0) is 11.2 Å². The minimum absolute atomic E-state index is 0.0421. The quantitative estimate of drug-likeness (QED) is 0.0121. The lowest BCUT2D eigenvalue weighted by Crippen LogP contribution is -2.37. The van der Waals surface area contributed by atoms with Crippen LogP contribution in [0.2, 0.25) is 0 Å². The molecule has 33 nitrogen and oxygen atoms in total. The summed E-state index contributed by atoms with van der Waals surface area (Å²) in [4.78, 5) is 94.1. The van der Waals surface area contributed by atoms with Crippen molar-refractivity contribution in [3.05, 3.63) is 288 Å². The lowest BCUT2D eigenvalue weighted by atomic mass is 10.0. The number of hydrogen-bond donors (Lipinski definition) is 5. The van der Waals surface area contributed by atoms with Crippen LogP contribution >= 0.6 is 38.5 Å². The van der Waals surface area contributed by atoms with Crippen LogP contribution in [0.25, 0.3) is 52.1 Å². The number of aliphatic imine (C=N–C) groups is 5. The second-order valence-electron chi connectivity index (χ2n) is 30.0. The van der Waals surface area contributed by atoms with Gasteiger partial charge in [-0.2, -0.15) is 13.2 Å². The summed E-state index contributed by atoms with van der Waals surface area (Å²) in [7, 11) is 1.65. The molecule has 0 bridgehead atoms. The highest BCUT2D eigenvalue weighted by molar-refractivity contribution is 14.1. The summed E-state index contributed by atoms with van der Waals surface area (Å²) in [5, 5.41) is 14.1. The molecule has 0 aliphatic carbocycles. The first-order valence-electron chi connectivity index (χ1n) is 42.8. The van der Waals surface area contributed by atoms with Gasteiger partial charge in [0.05, 0.1) is 114 Å². The van der Waals surface area contributed by atoms with Gasteiger partial charge in [0.1, 0.15) is 69.9 Å². The number of nitrogens with one attached hydrogen (secondary N) is 5.